The summed E-state index contributed by atoms with van der Waals surface area (Å²) >= 11 is 5.81. The van der Waals surface area contributed by atoms with Crippen LogP contribution >= 0.6 is 11.6 Å². The number of carbonyl (C=O) groups excluding carboxylic acids is 1. The van der Waals surface area contributed by atoms with Crippen LogP contribution in [-0.2, 0) is 4.79 Å². The van der Waals surface area contributed by atoms with Crippen LogP contribution in [-0.4, -0.2) is 10.9 Å². The van der Waals surface area contributed by atoms with Gasteiger partial charge in [-0.3, -0.25) is 10.1 Å². The molecule has 0 bridgehead atoms. The fraction of sp³-hybridized carbons (Fsp3) is 0.0588. The zero-order chi connectivity index (χ0) is 15.5. The number of aryl methyl sites for hydroxylation is 1. The third-order valence-electron chi connectivity index (χ3n) is 3.07. The molecule has 1 aromatic heterocycles. The SMILES string of the molecule is Cc1ccc2nc(NC(=O)/C=C/c3ccc(Cl)cc3)oc2c1. The predicted octanol–water partition coefficient (Wildman–Crippen LogP) is 4.44. The maximum Gasteiger partial charge on any atom is 0.302 e. The van der Waals surface area contributed by atoms with Gasteiger partial charge in [-0.15, -0.1) is 0 Å². The number of hydrogen-bond acceptors (Lipinski definition) is 3. The highest BCUT2D eigenvalue weighted by atomic mass is 35.5. The number of oxazole rings is 1. The zero-order valence-corrected chi connectivity index (χ0v) is 12.6. The van der Waals surface area contributed by atoms with Crippen LogP contribution in [0.25, 0.3) is 17.2 Å². The number of nitrogens with zero attached hydrogens (tertiary/aromatic N) is 1. The Morgan fingerprint density at radius 1 is 1.23 bits per heavy atom. The summed E-state index contributed by atoms with van der Waals surface area (Å²) < 4.78 is 5.49. The molecule has 22 heavy (non-hydrogen) atoms. The average molecular weight is 313 g/mol. The smallest absolute Gasteiger partial charge is 0.302 e. The fourth-order valence-electron chi connectivity index (χ4n) is 1.98. The van der Waals surface area contributed by atoms with Crippen molar-refractivity contribution in [2.75, 3.05) is 5.32 Å². The van der Waals surface area contributed by atoms with Gasteiger partial charge in [-0.1, -0.05) is 29.8 Å². The topological polar surface area (TPSA) is 55.1 Å². The summed E-state index contributed by atoms with van der Waals surface area (Å²) in [6.07, 6.45) is 3.11. The van der Waals surface area contributed by atoms with Gasteiger partial charge >= 0.3 is 6.01 Å². The Kier molecular flexibility index (Phi) is 3.94. The van der Waals surface area contributed by atoms with Gasteiger partial charge in [-0.05, 0) is 48.4 Å². The zero-order valence-electron chi connectivity index (χ0n) is 11.8. The maximum atomic E-state index is 11.9. The Hall–Kier alpha value is -2.59. The molecule has 0 saturated heterocycles. The van der Waals surface area contributed by atoms with Gasteiger partial charge in [0.1, 0.15) is 5.52 Å². The van der Waals surface area contributed by atoms with Crippen molar-refractivity contribution in [1.29, 1.82) is 0 Å². The van der Waals surface area contributed by atoms with E-state index in [-0.39, 0.29) is 11.9 Å². The van der Waals surface area contributed by atoms with Gasteiger partial charge in [0.15, 0.2) is 5.58 Å². The highest BCUT2D eigenvalue weighted by Gasteiger charge is 2.07. The summed E-state index contributed by atoms with van der Waals surface area (Å²) in [5.74, 6) is -0.307. The molecule has 1 heterocycles. The summed E-state index contributed by atoms with van der Waals surface area (Å²) in [7, 11) is 0. The van der Waals surface area contributed by atoms with E-state index in [2.05, 4.69) is 10.3 Å². The number of aromatic nitrogens is 1. The van der Waals surface area contributed by atoms with Gasteiger partial charge in [0.2, 0.25) is 0 Å². The van der Waals surface area contributed by atoms with Crippen LogP contribution in [0.1, 0.15) is 11.1 Å². The Balaban J connectivity index is 1.71. The number of anilines is 1. The van der Waals surface area contributed by atoms with Crippen LogP contribution in [0.15, 0.2) is 53.0 Å². The summed E-state index contributed by atoms with van der Waals surface area (Å²) in [6.45, 7) is 1.97. The molecule has 1 N–H and O–H groups in total. The first-order valence-corrected chi connectivity index (χ1v) is 7.10. The molecule has 0 aliphatic carbocycles. The van der Waals surface area contributed by atoms with Gasteiger partial charge in [0.05, 0.1) is 0 Å². The Morgan fingerprint density at radius 3 is 2.77 bits per heavy atom. The fourth-order valence-corrected chi connectivity index (χ4v) is 2.10. The molecule has 3 rings (SSSR count). The van der Waals surface area contributed by atoms with Crippen molar-refractivity contribution >= 4 is 40.7 Å². The molecule has 0 unspecified atom stereocenters. The summed E-state index contributed by atoms with van der Waals surface area (Å²) in [5, 5.41) is 3.26. The highest BCUT2D eigenvalue weighted by Crippen LogP contribution is 2.20. The minimum atomic E-state index is -0.307. The van der Waals surface area contributed by atoms with Crippen molar-refractivity contribution in [3.05, 3.63) is 64.7 Å². The minimum Gasteiger partial charge on any atom is -0.423 e. The molecule has 0 fully saturated rings. The maximum absolute atomic E-state index is 11.9. The van der Waals surface area contributed by atoms with Crippen LogP contribution in [0.5, 0.6) is 0 Å². The number of fused-ring (bicyclic) bond motifs is 1. The predicted molar refractivity (Wildman–Crippen MR) is 87.9 cm³/mol. The quantitative estimate of drug-likeness (QED) is 0.727. The van der Waals surface area contributed by atoms with E-state index in [1.54, 1.807) is 18.2 Å². The van der Waals surface area contributed by atoms with Crippen LogP contribution in [0, 0.1) is 6.92 Å². The molecule has 4 nitrogen and oxygen atoms in total. The molecule has 0 aliphatic rings. The van der Waals surface area contributed by atoms with E-state index in [1.807, 2.05) is 37.3 Å². The van der Waals surface area contributed by atoms with Crippen LogP contribution in [0.2, 0.25) is 5.02 Å². The average Bonchev–Trinajstić information content (AvgIpc) is 2.88. The van der Waals surface area contributed by atoms with Gasteiger partial charge in [-0.25, -0.2) is 0 Å². The number of hydrogen-bond donors (Lipinski definition) is 1. The van der Waals surface area contributed by atoms with Gasteiger partial charge in [0, 0.05) is 11.1 Å². The second-order valence-electron chi connectivity index (χ2n) is 4.86. The minimum absolute atomic E-state index is 0.186. The van der Waals surface area contributed by atoms with Gasteiger partial charge in [0.25, 0.3) is 5.91 Å². The van der Waals surface area contributed by atoms with Crippen molar-refractivity contribution in [3.63, 3.8) is 0 Å². The molecule has 0 saturated carbocycles. The lowest BCUT2D eigenvalue weighted by Crippen LogP contribution is -2.07. The van der Waals surface area contributed by atoms with Gasteiger partial charge in [-0.2, -0.15) is 4.98 Å². The Bertz CT molecular complexity index is 851. The van der Waals surface area contributed by atoms with E-state index in [0.717, 1.165) is 11.1 Å². The van der Waals surface area contributed by atoms with E-state index in [0.29, 0.717) is 16.1 Å². The van der Waals surface area contributed by atoms with E-state index in [1.165, 1.54) is 6.08 Å². The monoisotopic (exact) mass is 312 g/mol. The van der Waals surface area contributed by atoms with Crippen molar-refractivity contribution in [2.45, 2.75) is 6.92 Å². The first kappa shape index (κ1) is 14.4. The molecule has 3 aromatic rings. The number of amides is 1. The summed E-state index contributed by atoms with van der Waals surface area (Å²) in [4.78, 5) is 16.1. The molecular formula is C17H13ClN2O2. The van der Waals surface area contributed by atoms with Crippen molar-refractivity contribution in [2.24, 2.45) is 0 Å². The molecule has 0 spiro atoms. The van der Waals surface area contributed by atoms with Crippen LogP contribution in [0.3, 0.4) is 0 Å². The second kappa shape index (κ2) is 6.03. The number of rotatable bonds is 3. The van der Waals surface area contributed by atoms with Crippen molar-refractivity contribution in [1.82, 2.24) is 4.98 Å². The summed E-state index contributed by atoms with van der Waals surface area (Å²) in [5.41, 5.74) is 3.32. The normalized spacial score (nSPS) is 11.2. The molecule has 5 heteroatoms. The number of benzene rings is 2. The Labute approximate surface area is 132 Å². The molecule has 110 valence electrons. The molecule has 2 aromatic carbocycles. The van der Waals surface area contributed by atoms with E-state index in [4.69, 9.17) is 16.0 Å². The molecule has 0 aliphatic heterocycles. The van der Waals surface area contributed by atoms with E-state index >= 15 is 0 Å². The lowest BCUT2D eigenvalue weighted by Gasteiger charge is -1.95. The van der Waals surface area contributed by atoms with Crippen molar-refractivity contribution in [3.8, 4) is 0 Å². The van der Waals surface area contributed by atoms with E-state index < -0.39 is 0 Å². The molecular weight excluding hydrogens is 300 g/mol. The second-order valence-corrected chi connectivity index (χ2v) is 5.30. The largest absolute Gasteiger partial charge is 0.423 e. The third kappa shape index (κ3) is 3.35. The third-order valence-corrected chi connectivity index (χ3v) is 3.32. The van der Waals surface area contributed by atoms with Crippen LogP contribution in [0.4, 0.5) is 6.01 Å². The highest BCUT2D eigenvalue weighted by molar-refractivity contribution is 6.30. The van der Waals surface area contributed by atoms with Crippen LogP contribution < -0.4 is 5.32 Å². The molecule has 0 radical (unpaired) electrons. The number of halogens is 1. The summed E-state index contributed by atoms with van der Waals surface area (Å²) in [6, 6.07) is 13.0. The van der Waals surface area contributed by atoms with E-state index in [9.17, 15) is 4.79 Å². The number of carbonyl (C=O) groups is 1. The van der Waals surface area contributed by atoms with Crippen molar-refractivity contribution < 1.29 is 9.21 Å². The number of nitrogens with one attached hydrogen (secondary N) is 1. The van der Waals surface area contributed by atoms with Gasteiger partial charge < -0.3 is 4.42 Å². The lowest BCUT2D eigenvalue weighted by molar-refractivity contribution is -0.112. The lowest BCUT2D eigenvalue weighted by atomic mass is 10.2. The first-order chi connectivity index (χ1) is 10.6. The standard InChI is InChI=1S/C17H13ClN2O2/c1-11-2-8-14-15(10-11)22-17(19-14)20-16(21)9-5-12-3-6-13(18)7-4-12/h2-10H,1H3,(H,19,20,21)/b9-5+. The Morgan fingerprint density at radius 2 is 2.00 bits per heavy atom. The first-order valence-electron chi connectivity index (χ1n) is 6.72. The molecule has 0 atom stereocenters. The molecule has 1 amide bonds.